The molecule has 1 fully saturated rings. The lowest BCUT2D eigenvalue weighted by atomic mass is 10.4. The third kappa shape index (κ3) is 6.94. The number of nitrogens with zero attached hydrogens (tertiary/aromatic N) is 6. The zero-order valence-corrected chi connectivity index (χ0v) is 19.8. The Hall–Kier alpha value is -1.31. The van der Waals surface area contributed by atoms with E-state index in [0.29, 0.717) is 13.1 Å². The summed E-state index contributed by atoms with van der Waals surface area (Å²) in [5.41, 5.74) is 0. The summed E-state index contributed by atoms with van der Waals surface area (Å²) in [7, 11) is 1.96. The smallest absolute Gasteiger partial charge is 0.192 e. The molecule has 11 heteroatoms. The van der Waals surface area contributed by atoms with Crippen molar-refractivity contribution in [3.05, 3.63) is 27.7 Å². The predicted molar refractivity (Wildman–Crippen MR) is 121 cm³/mol. The minimum absolute atomic E-state index is 0. The Balaban J connectivity index is 0.00000280. The fourth-order valence-corrected chi connectivity index (χ4v) is 3.44. The molecule has 2 N–H and O–H groups in total. The molecule has 156 valence electrons. The molecule has 1 aliphatic heterocycles. The van der Waals surface area contributed by atoms with Gasteiger partial charge in [-0.15, -0.1) is 45.5 Å². The largest absolute Gasteiger partial charge is 0.379 e. The number of morpholine rings is 1. The van der Waals surface area contributed by atoms with Crippen molar-refractivity contribution in [2.24, 2.45) is 12.0 Å². The van der Waals surface area contributed by atoms with Crippen LogP contribution in [0.5, 0.6) is 0 Å². The SMILES string of the molecule is Cc1cnc(CNC(=NCc2nnc(C)n2C)NCCN2CCOCC2)s1.I. The van der Waals surface area contributed by atoms with Gasteiger partial charge in [-0.2, -0.15) is 0 Å². The normalized spacial score (nSPS) is 15.3. The number of hydrogen-bond acceptors (Lipinski definition) is 7. The zero-order chi connectivity index (χ0) is 19.1. The highest BCUT2D eigenvalue weighted by Gasteiger charge is 2.10. The van der Waals surface area contributed by atoms with Crippen molar-refractivity contribution in [3.8, 4) is 0 Å². The standard InChI is InChI=1S/C17H28N8OS.HI/c1-13-10-19-16(27-13)12-21-17(18-4-5-25-6-8-26-9-7-25)20-11-15-23-22-14(2)24(15)3;/h10H,4-9,11-12H2,1-3H3,(H2,18,20,21);1H. The molecule has 0 radical (unpaired) electrons. The van der Waals surface area contributed by atoms with E-state index in [9.17, 15) is 0 Å². The van der Waals surface area contributed by atoms with Crippen LogP contribution in [0.15, 0.2) is 11.2 Å². The van der Waals surface area contributed by atoms with Crippen LogP contribution in [0.3, 0.4) is 0 Å². The minimum atomic E-state index is 0. The molecule has 0 aromatic carbocycles. The minimum Gasteiger partial charge on any atom is -0.379 e. The number of guanidine groups is 1. The van der Waals surface area contributed by atoms with E-state index in [0.717, 1.165) is 62.0 Å². The summed E-state index contributed by atoms with van der Waals surface area (Å²) in [6, 6.07) is 0. The third-order valence-electron chi connectivity index (χ3n) is 4.46. The fraction of sp³-hybridized carbons (Fsp3) is 0.647. The predicted octanol–water partition coefficient (Wildman–Crippen LogP) is 1.07. The lowest BCUT2D eigenvalue weighted by Crippen LogP contribution is -2.44. The van der Waals surface area contributed by atoms with E-state index in [2.05, 4.69) is 42.6 Å². The molecule has 9 nitrogen and oxygen atoms in total. The summed E-state index contributed by atoms with van der Waals surface area (Å²) in [5, 5.41) is 16.1. The Kier molecular flexibility index (Phi) is 9.55. The molecule has 0 bridgehead atoms. The monoisotopic (exact) mass is 520 g/mol. The summed E-state index contributed by atoms with van der Waals surface area (Å²) < 4.78 is 7.36. The highest BCUT2D eigenvalue weighted by molar-refractivity contribution is 14.0. The topological polar surface area (TPSA) is 92.5 Å². The molecule has 2 aromatic rings. The van der Waals surface area contributed by atoms with E-state index in [1.54, 1.807) is 11.3 Å². The van der Waals surface area contributed by atoms with Gasteiger partial charge in [0.05, 0.1) is 19.8 Å². The molecule has 3 heterocycles. The molecular formula is C17H29IN8OS. The van der Waals surface area contributed by atoms with Crippen LogP contribution in [0, 0.1) is 13.8 Å². The molecule has 0 spiro atoms. The number of rotatable bonds is 7. The van der Waals surface area contributed by atoms with Crippen LogP contribution in [0.4, 0.5) is 0 Å². The summed E-state index contributed by atoms with van der Waals surface area (Å²) >= 11 is 1.69. The highest BCUT2D eigenvalue weighted by atomic mass is 127. The lowest BCUT2D eigenvalue weighted by molar-refractivity contribution is 0.0389. The van der Waals surface area contributed by atoms with Gasteiger partial charge < -0.3 is 19.9 Å². The molecule has 1 saturated heterocycles. The molecule has 1 aliphatic rings. The molecule has 0 saturated carbocycles. The van der Waals surface area contributed by atoms with Gasteiger partial charge in [0.25, 0.3) is 0 Å². The number of aryl methyl sites for hydroxylation is 2. The van der Waals surface area contributed by atoms with E-state index in [1.807, 2.05) is 24.7 Å². The van der Waals surface area contributed by atoms with Gasteiger partial charge in [0.15, 0.2) is 11.8 Å². The van der Waals surface area contributed by atoms with Gasteiger partial charge in [-0.05, 0) is 13.8 Å². The Morgan fingerprint density at radius 3 is 2.68 bits per heavy atom. The van der Waals surface area contributed by atoms with Crippen molar-refractivity contribution in [1.29, 1.82) is 0 Å². The van der Waals surface area contributed by atoms with Gasteiger partial charge in [0.1, 0.15) is 17.4 Å². The van der Waals surface area contributed by atoms with Gasteiger partial charge in [-0.1, -0.05) is 0 Å². The van der Waals surface area contributed by atoms with E-state index in [-0.39, 0.29) is 24.0 Å². The van der Waals surface area contributed by atoms with Crippen LogP contribution in [0.1, 0.15) is 21.5 Å². The maximum absolute atomic E-state index is 5.40. The second-order valence-corrected chi connectivity index (χ2v) is 7.81. The average Bonchev–Trinajstić information content (AvgIpc) is 3.24. The Labute approximate surface area is 187 Å². The summed E-state index contributed by atoms with van der Waals surface area (Å²) in [6.07, 6.45) is 1.90. The molecule has 3 rings (SSSR count). The molecule has 28 heavy (non-hydrogen) atoms. The molecule has 2 aromatic heterocycles. The molecule has 0 unspecified atom stereocenters. The van der Waals surface area contributed by atoms with Crippen LogP contribution < -0.4 is 10.6 Å². The van der Waals surface area contributed by atoms with E-state index in [1.165, 1.54) is 4.88 Å². The Morgan fingerprint density at radius 1 is 1.25 bits per heavy atom. The molecule has 0 atom stereocenters. The number of ether oxygens (including phenoxy) is 1. The Morgan fingerprint density at radius 2 is 2.04 bits per heavy atom. The maximum atomic E-state index is 5.40. The van der Waals surface area contributed by atoms with Gasteiger partial charge in [0.2, 0.25) is 0 Å². The highest BCUT2D eigenvalue weighted by Crippen LogP contribution is 2.10. The lowest BCUT2D eigenvalue weighted by Gasteiger charge is -2.26. The van der Waals surface area contributed by atoms with Gasteiger partial charge in [0, 0.05) is 44.3 Å². The van der Waals surface area contributed by atoms with Crippen LogP contribution in [-0.4, -0.2) is 70.0 Å². The van der Waals surface area contributed by atoms with Gasteiger partial charge in [-0.3, -0.25) is 4.90 Å². The summed E-state index contributed by atoms with van der Waals surface area (Å²) in [6.45, 7) is 10.5. The average molecular weight is 520 g/mol. The van der Waals surface area contributed by atoms with Crippen molar-refractivity contribution in [2.45, 2.75) is 26.9 Å². The number of aromatic nitrogens is 4. The maximum Gasteiger partial charge on any atom is 0.192 e. The first kappa shape index (κ1) is 23.0. The van der Waals surface area contributed by atoms with E-state index < -0.39 is 0 Å². The van der Waals surface area contributed by atoms with Crippen molar-refractivity contribution in [3.63, 3.8) is 0 Å². The first-order chi connectivity index (χ1) is 13.1. The van der Waals surface area contributed by atoms with Crippen molar-refractivity contribution in [2.75, 3.05) is 39.4 Å². The molecule has 0 amide bonds. The van der Waals surface area contributed by atoms with Crippen LogP contribution in [0.25, 0.3) is 0 Å². The summed E-state index contributed by atoms with van der Waals surface area (Å²) in [4.78, 5) is 12.7. The van der Waals surface area contributed by atoms with Crippen LogP contribution in [0.2, 0.25) is 0 Å². The number of nitrogens with one attached hydrogen (secondary N) is 2. The zero-order valence-electron chi connectivity index (χ0n) is 16.6. The number of halogens is 1. The number of hydrogen-bond donors (Lipinski definition) is 2. The second kappa shape index (κ2) is 11.6. The third-order valence-corrected chi connectivity index (χ3v) is 5.37. The Bertz CT molecular complexity index is 756. The van der Waals surface area contributed by atoms with Crippen molar-refractivity contribution in [1.82, 2.24) is 35.3 Å². The molecule has 0 aliphatic carbocycles. The van der Waals surface area contributed by atoms with E-state index >= 15 is 0 Å². The van der Waals surface area contributed by atoms with Crippen LogP contribution in [-0.2, 0) is 24.9 Å². The van der Waals surface area contributed by atoms with Crippen LogP contribution >= 0.6 is 35.3 Å². The van der Waals surface area contributed by atoms with Crippen molar-refractivity contribution >= 4 is 41.3 Å². The molecular weight excluding hydrogens is 491 g/mol. The van der Waals surface area contributed by atoms with E-state index in [4.69, 9.17) is 4.74 Å². The number of aliphatic imine (C=N–C) groups is 1. The van der Waals surface area contributed by atoms with Gasteiger partial charge >= 0.3 is 0 Å². The van der Waals surface area contributed by atoms with Gasteiger partial charge in [-0.25, -0.2) is 9.98 Å². The van der Waals surface area contributed by atoms with Crippen molar-refractivity contribution < 1.29 is 4.74 Å². The fourth-order valence-electron chi connectivity index (χ4n) is 2.71. The first-order valence-electron chi connectivity index (χ1n) is 9.20. The first-order valence-corrected chi connectivity index (χ1v) is 10.0. The summed E-state index contributed by atoms with van der Waals surface area (Å²) in [5.74, 6) is 2.48. The quantitative estimate of drug-likeness (QED) is 0.321. The second-order valence-electron chi connectivity index (χ2n) is 6.49. The number of thiazole rings is 1.